The van der Waals surface area contributed by atoms with Gasteiger partial charge in [-0.3, -0.25) is 4.79 Å². The smallest absolute Gasteiger partial charge is 0.398 e. The van der Waals surface area contributed by atoms with E-state index < -0.39 is 30.0 Å². The maximum Gasteiger partial charge on any atom is 0.416 e. The van der Waals surface area contributed by atoms with Crippen LogP contribution in [0.1, 0.15) is 86.5 Å². The predicted octanol–water partition coefficient (Wildman–Crippen LogP) is 7.73. The number of hydrogen-bond donors (Lipinski definition) is 2. The Bertz CT molecular complexity index is 984. The van der Waals surface area contributed by atoms with E-state index in [0.717, 1.165) is 44.2 Å². The van der Waals surface area contributed by atoms with E-state index in [-0.39, 0.29) is 12.3 Å². The van der Waals surface area contributed by atoms with Gasteiger partial charge in [-0.25, -0.2) is 8.78 Å². The molecule has 1 saturated carbocycles. The molecule has 2 aromatic carbocycles. The van der Waals surface area contributed by atoms with Crippen LogP contribution in [0.5, 0.6) is 0 Å². The molecule has 8 heteroatoms. The predicted molar refractivity (Wildman–Crippen MR) is 129 cm³/mol. The Balaban J connectivity index is 1.86. The van der Waals surface area contributed by atoms with E-state index in [1.807, 2.05) is 6.92 Å². The van der Waals surface area contributed by atoms with Crippen LogP contribution in [0, 0.1) is 0 Å². The number of amides is 1. The van der Waals surface area contributed by atoms with Crippen molar-refractivity contribution in [2.45, 2.75) is 89.1 Å². The minimum Gasteiger partial charge on any atom is -0.398 e. The number of nitrogens with one attached hydrogen (secondary N) is 1. The van der Waals surface area contributed by atoms with Gasteiger partial charge in [0.1, 0.15) is 6.17 Å². The Kier molecular flexibility index (Phi) is 9.14. The fourth-order valence-electron chi connectivity index (χ4n) is 4.72. The van der Waals surface area contributed by atoms with Crippen molar-refractivity contribution in [2.24, 2.45) is 0 Å². The minimum absolute atomic E-state index is 0.0191. The molecule has 0 aliphatic heterocycles. The second kappa shape index (κ2) is 11.9. The number of nitrogen functional groups attached to an aromatic ring is 1. The fraction of sp³-hybridized carbons (Fsp3) is 0.519. The van der Waals surface area contributed by atoms with Crippen molar-refractivity contribution in [3.63, 3.8) is 0 Å². The molecule has 0 radical (unpaired) electrons. The van der Waals surface area contributed by atoms with Gasteiger partial charge in [-0.1, -0.05) is 57.2 Å². The summed E-state index contributed by atoms with van der Waals surface area (Å²) in [7, 11) is 0. The van der Waals surface area contributed by atoms with Gasteiger partial charge >= 0.3 is 6.18 Å². The number of benzene rings is 2. The molecule has 3 N–H and O–H groups in total. The normalized spacial score (nSPS) is 16.6. The average Bonchev–Trinajstić information content (AvgIpc) is 2.84. The standard InChI is InChI=1S/C27H33F5N2O/c1-2-3-9-21(28)24(29)26(35)34-22-15-12-19(25(33)23(22)18-7-5-4-6-8-18)16-17-10-13-20(14-11-17)27(30,31)32/h10-15,18,21,24H,2-9,16,33H2,1H3,(H,34,35)/t21-,24-/m1/s1. The molecule has 1 amide bonds. The van der Waals surface area contributed by atoms with E-state index in [1.165, 1.54) is 12.1 Å². The van der Waals surface area contributed by atoms with Crippen molar-refractivity contribution in [3.05, 3.63) is 58.7 Å². The highest BCUT2D eigenvalue weighted by molar-refractivity contribution is 5.96. The van der Waals surface area contributed by atoms with Gasteiger partial charge in [0, 0.05) is 16.9 Å². The van der Waals surface area contributed by atoms with Gasteiger partial charge < -0.3 is 11.1 Å². The number of carbonyl (C=O) groups excluding carboxylic acids is 1. The molecule has 3 rings (SSSR count). The minimum atomic E-state index is -4.41. The first kappa shape index (κ1) is 27.0. The van der Waals surface area contributed by atoms with E-state index in [1.54, 1.807) is 12.1 Å². The van der Waals surface area contributed by atoms with E-state index in [4.69, 9.17) is 5.73 Å². The van der Waals surface area contributed by atoms with Gasteiger partial charge in [0.05, 0.1) is 5.56 Å². The van der Waals surface area contributed by atoms with Crippen molar-refractivity contribution in [1.29, 1.82) is 0 Å². The van der Waals surface area contributed by atoms with Crippen LogP contribution in [-0.4, -0.2) is 18.3 Å². The number of anilines is 2. The molecule has 1 aliphatic rings. The first-order valence-corrected chi connectivity index (χ1v) is 12.3. The van der Waals surface area contributed by atoms with Gasteiger partial charge in [0.25, 0.3) is 5.91 Å². The highest BCUT2D eigenvalue weighted by Gasteiger charge is 2.31. The van der Waals surface area contributed by atoms with Crippen molar-refractivity contribution in [1.82, 2.24) is 0 Å². The third-order valence-corrected chi connectivity index (χ3v) is 6.73. The van der Waals surface area contributed by atoms with Crippen molar-refractivity contribution < 1.29 is 26.7 Å². The van der Waals surface area contributed by atoms with Crippen LogP contribution in [0.2, 0.25) is 0 Å². The Labute approximate surface area is 203 Å². The molecule has 0 saturated heterocycles. The van der Waals surface area contributed by atoms with Gasteiger partial charge in [0.15, 0.2) is 0 Å². The first-order chi connectivity index (χ1) is 16.6. The zero-order valence-corrected chi connectivity index (χ0v) is 19.9. The lowest BCUT2D eigenvalue weighted by atomic mass is 9.81. The van der Waals surface area contributed by atoms with Gasteiger partial charge in [-0.05, 0) is 60.9 Å². The van der Waals surface area contributed by atoms with Gasteiger partial charge in [0.2, 0.25) is 6.17 Å². The largest absolute Gasteiger partial charge is 0.416 e. The second-order valence-electron chi connectivity index (χ2n) is 9.36. The maximum atomic E-state index is 14.5. The molecule has 0 spiro atoms. The Morgan fingerprint density at radius 2 is 1.71 bits per heavy atom. The highest BCUT2D eigenvalue weighted by Crippen LogP contribution is 2.41. The zero-order valence-electron chi connectivity index (χ0n) is 19.9. The van der Waals surface area contributed by atoms with E-state index in [0.29, 0.717) is 47.3 Å². The molecule has 3 nitrogen and oxygen atoms in total. The average molecular weight is 497 g/mol. The number of nitrogens with two attached hydrogens (primary N) is 1. The molecule has 0 bridgehead atoms. The quantitative estimate of drug-likeness (QED) is 0.276. The number of rotatable bonds is 9. The number of unbranched alkanes of at least 4 members (excludes halogenated alkanes) is 1. The summed E-state index contributed by atoms with van der Waals surface area (Å²) in [6, 6.07) is 8.24. The highest BCUT2D eigenvalue weighted by atomic mass is 19.4. The number of alkyl halides is 5. The summed E-state index contributed by atoms with van der Waals surface area (Å²) >= 11 is 0. The fourth-order valence-corrected chi connectivity index (χ4v) is 4.72. The maximum absolute atomic E-state index is 14.5. The molecule has 2 aromatic rings. The van der Waals surface area contributed by atoms with Crippen molar-refractivity contribution in [3.8, 4) is 0 Å². The summed E-state index contributed by atoms with van der Waals surface area (Å²) in [6.45, 7) is 1.87. The van der Waals surface area contributed by atoms with Crippen LogP contribution in [0.15, 0.2) is 36.4 Å². The molecular formula is C27H33F5N2O. The van der Waals surface area contributed by atoms with Gasteiger partial charge in [-0.2, -0.15) is 13.2 Å². The summed E-state index contributed by atoms with van der Waals surface area (Å²) in [5.41, 5.74) is 8.72. The summed E-state index contributed by atoms with van der Waals surface area (Å²) in [6.07, 6.45) is -2.25. The third-order valence-electron chi connectivity index (χ3n) is 6.73. The molecule has 0 heterocycles. The van der Waals surface area contributed by atoms with E-state index in [2.05, 4.69) is 5.32 Å². The topological polar surface area (TPSA) is 55.1 Å². The second-order valence-corrected chi connectivity index (χ2v) is 9.36. The van der Waals surface area contributed by atoms with Crippen LogP contribution in [0.25, 0.3) is 0 Å². The lowest BCUT2D eigenvalue weighted by molar-refractivity contribution is -0.137. The molecular weight excluding hydrogens is 463 g/mol. The summed E-state index contributed by atoms with van der Waals surface area (Å²) in [5.74, 6) is -0.966. The Morgan fingerprint density at radius 1 is 1.06 bits per heavy atom. The number of hydrogen-bond acceptors (Lipinski definition) is 2. The van der Waals surface area contributed by atoms with Crippen molar-refractivity contribution in [2.75, 3.05) is 11.1 Å². The summed E-state index contributed by atoms with van der Waals surface area (Å²) in [5, 5.41) is 2.56. The molecule has 2 atom stereocenters. The van der Waals surface area contributed by atoms with Crippen molar-refractivity contribution >= 4 is 17.3 Å². The Morgan fingerprint density at radius 3 is 2.31 bits per heavy atom. The van der Waals surface area contributed by atoms with Crippen LogP contribution >= 0.6 is 0 Å². The molecule has 1 aliphatic carbocycles. The van der Waals surface area contributed by atoms with Gasteiger partial charge in [-0.15, -0.1) is 0 Å². The zero-order chi connectivity index (χ0) is 25.6. The first-order valence-electron chi connectivity index (χ1n) is 12.3. The molecule has 35 heavy (non-hydrogen) atoms. The lowest BCUT2D eigenvalue weighted by Gasteiger charge is -2.27. The Hall–Kier alpha value is -2.64. The van der Waals surface area contributed by atoms with Crippen LogP contribution in [0.3, 0.4) is 0 Å². The van der Waals surface area contributed by atoms with Crippen LogP contribution < -0.4 is 11.1 Å². The van der Waals surface area contributed by atoms with E-state index >= 15 is 0 Å². The number of halogens is 5. The van der Waals surface area contributed by atoms with Crippen LogP contribution in [0.4, 0.5) is 33.3 Å². The summed E-state index contributed by atoms with van der Waals surface area (Å²) in [4.78, 5) is 12.5. The molecule has 1 fully saturated rings. The monoisotopic (exact) mass is 496 g/mol. The molecule has 192 valence electrons. The molecule has 0 aromatic heterocycles. The third kappa shape index (κ3) is 6.95. The summed E-state index contributed by atoms with van der Waals surface area (Å²) < 4.78 is 67.3. The number of carbonyl (C=O) groups is 1. The SMILES string of the molecule is CCCC[C@@H](F)[C@@H](F)C(=O)Nc1ccc(Cc2ccc(C(F)(F)F)cc2)c(N)c1C1CCCCC1. The lowest BCUT2D eigenvalue weighted by Crippen LogP contribution is -2.33. The van der Waals surface area contributed by atoms with E-state index in [9.17, 15) is 26.7 Å². The molecule has 0 unspecified atom stereocenters. The van der Waals surface area contributed by atoms with Crippen LogP contribution in [-0.2, 0) is 17.4 Å².